The van der Waals surface area contributed by atoms with Crippen LogP contribution in [-0.2, 0) is 6.54 Å². The lowest BCUT2D eigenvalue weighted by Gasteiger charge is -2.12. The molecule has 2 aromatic rings. The summed E-state index contributed by atoms with van der Waals surface area (Å²) in [6.45, 7) is 3.03. The van der Waals surface area contributed by atoms with Gasteiger partial charge in [-0.25, -0.2) is 0 Å². The first-order valence-corrected chi connectivity index (χ1v) is 6.54. The SMILES string of the molecule is CCCn1nccc1C(N)c1cc(OC)cs1. The number of methoxy groups -OCH3 is 1. The number of thiophene rings is 1. The first-order chi connectivity index (χ1) is 8.26. The molecule has 0 fully saturated rings. The molecule has 2 heterocycles. The van der Waals surface area contributed by atoms with Crippen molar-refractivity contribution in [3.05, 3.63) is 34.3 Å². The molecule has 4 nitrogen and oxygen atoms in total. The summed E-state index contributed by atoms with van der Waals surface area (Å²) in [6.07, 6.45) is 2.85. The van der Waals surface area contributed by atoms with E-state index in [0.29, 0.717) is 0 Å². The lowest BCUT2D eigenvalue weighted by molar-refractivity contribution is 0.416. The highest BCUT2D eigenvalue weighted by Gasteiger charge is 2.15. The van der Waals surface area contributed by atoms with Crippen molar-refractivity contribution in [2.24, 2.45) is 5.73 Å². The van der Waals surface area contributed by atoms with Crippen molar-refractivity contribution >= 4 is 11.3 Å². The fourth-order valence-corrected chi connectivity index (χ4v) is 2.62. The van der Waals surface area contributed by atoms with Gasteiger partial charge in [0.1, 0.15) is 5.75 Å². The summed E-state index contributed by atoms with van der Waals surface area (Å²) in [5.41, 5.74) is 7.31. The Bertz CT molecular complexity index is 478. The van der Waals surface area contributed by atoms with Crippen molar-refractivity contribution in [1.82, 2.24) is 9.78 Å². The molecule has 1 atom stereocenters. The Morgan fingerprint density at radius 1 is 1.59 bits per heavy atom. The molecular formula is C12H17N3OS. The van der Waals surface area contributed by atoms with Crippen LogP contribution in [-0.4, -0.2) is 16.9 Å². The summed E-state index contributed by atoms with van der Waals surface area (Å²) in [6, 6.07) is 3.84. The van der Waals surface area contributed by atoms with E-state index in [-0.39, 0.29) is 6.04 Å². The highest BCUT2D eigenvalue weighted by Crippen LogP contribution is 2.29. The summed E-state index contributed by atoms with van der Waals surface area (Å²) < 4.78 is 7.14. The van der Waals surface area contributed by atoms with Crippen LogP contribution >= 0.6 is 11.3 Å². The van der Waals surface area contributed by atoms with E-state index in [2.05, 4.69) is 12.0 Å². The predicted octanol–water partition coefficient (Wildman–Crippen LogP) is 2.41. The van der Waals surface area contributed by atoms with Gasteiger partial charge in [0, 0.05) is 23.0 Å². The Kier molecular flexibility index (Phi) is 3.81. The van der Waals surface area contributed by atoms with Crippen molar-refractivity contribution in [3.63, 3.8) is 0 Å². The molecule has 0 radical (unpaired) electrons. The number of nitrogens with two attached hydrogens (primary N) is 1. The Morgan fingerprint density at radius 2 is 2.41 bits per heavy atom. The molecule has 92 valence electrons. The van der Waals surface area contributed by atoms with Crippen LogP contribution in [0.4, 0.5) is 0 Å². The highest BCUT2D eigenvalue weighted by atomic mass is 32.1. The van der Waals surface area contributed by atoms with Crippen LogP contribution in [0.15, 0.2) is 23.7 Å². The van der Waals surface area contributed by atoms with Crippen molar-refractivity contribution in [2.45, 2.75) is 25.9 Å². The molecule has 17 heavy (non-hydrogen) atoms. The molecule has 0 aliphatic carbocycles. The highest BCUT2D eigenvalue weighted by molar-refractivity contribution is 7.10. The number of hydrogen-bond donors (Lipinski definition) is 1. The molecular weight excluding hydrogens is 234 g/mol. The van der Waals surface area contributed by atoms with Crippen molar-refractivity contribution < 1.29 is 4.74 Å². The maximum atomic E-state index is 6.25. The minimum atomic E-state index is -0.127. The molecule has 2 N–H and O–H groups in total. The quantitative estimate of drug-likeness (QED) is 0.888. The number of aryl methyl sites for hydroxylation is 1. The van der Waals surface area contributed by atoms with Gasteiger partial charge in [0.25, 0.3) is 0 Å². The summed E-state index contributed by atoms with van der Waals surface area (Å²) in [7, 11) is 1.67. The second kappa shape index (κ2) is 5.33. The van der Waals surface area contributed by atoms with E-state index in [9.17, 15) is 0 Å². The van der Waals surface area contributed by atoms with Crippen molar-refractivity contribution in [2.75, 3.05) is 7.11 Å². The van der Waals surface area contributed by atoms with Gasteiger partial charge in [-0.05, 0) is 18.6 Å². The number of rotatable bonds is 5. The minimum absolute atomic E-state index is 0.127. The van der Waals surface area contributed by atoms with Crippen LogP contribution in [0, 0.1) is 0 Å². The topological polar surface area (TPSA) is 53.1 Å². The zero-order valence-electron chi connectivity index (χ0n) is 10.1. The van der Waals surface area contributed by atoms with Gasteiger partial charge in [-0.15, -0.1) is 11.3 Å². The molecule has 0 amide bonds. The molecule has 0 aliphatic heterocycles. The second-order valence-electron chi connectivity index (χ2n) is 3.85. The maximum Gasteiger partial charge on any atom is 0.129 e. The van der Waals surface area contributed by atoms with E-state index < -0.39 is 0 Å². The summed E-state index contributed by atoms with van der Waals surface area (Å²) in [5.74, 6) is 0.863. The average molecular weight is 251 g/mol. The van der Waals surface area contributed by atoms with Gasteiger partial charge in [-0.1, -0.05) is 6.92 Å². The van der Waals surface area contributed by atoms with E-state index in [1.807, 2.05) is 22.2 Å². The lowest BCUT2D eigenvalue weighted by atomic mass is 10.2. The van der Waals surface area contributed by atoms with Crippen molar-refractivity contribution in [1.29, 1.82) is 0 Å². The van der Waals surface area contributed by atoms with Crippen LogP contribution in [0.2, 0.25) is 0 Å². The maximum absolute atomic E-state index is 6.25. The number of ether oxygens (including phenoxy) is 1. The first kappa shape index (κ1) is 12.1. The Balaban J connectivity index is 2.23. The molecule has 2 rings (SSSR count). The standard InChI is InChI=1S/C12H17N3OS/c1-3-6-15-10(4-5-14-15)12(13)11-7-9(16-2)8-17-11/h4-5,7-8,12H,3,6,13H2,1-2H3. The van der Waals surface area contributed by atoms with Gasteiger partial charge in [-0.3, -0.25) is 4.68 Å². The smallest absolute Gasteiger partial charge is 0.129 e. The van der Waals surface area contributed by atoms with Gasteiger partial charge in [0.2, 0.25) is 0 Å². The summed E-state index contributed by atoms with van der Waals surface area (Å²) in [4.78, 5) is 1.10. The number of aromatic nitrogens is 2. The Labute approximate surface area is 105 Å². The molecule has 0 spiro atoms. The monoisotopic (exact) mass is 251 g/mol. The zero-order chi connectivity index (χ0) is 12.3. The molecule has 2 aromatic heterocycles. The zero-order valence-corrected chi connectivity index (χ0v) is 10.9. The lowest BCUT2D eigenvalue weighted by Crippen LogP contribution is -2.16. The van der Waals surface area contributed by atoms with Crippen LogP contribution < -0.4 is 10.5 Å². The van der Waals surface area contributed by atoms with Crippen LogP contribution in [0.1, 0.15) is 30.0 Å². The predicted molar refractivity (Wildman–Crippen MR) is 69.4 cm³/mol. The Hall–Kier alpha value is -1.33. The van der Waals surface area contributed by atoms with E-state index >= 15 is 0 Å². The first-order valence-electron chi connectivity index (χ1n) is 5.66. The molecule has 1 unspecified atom stereocenters. The third-order valence-electron chi connectivity index (χ3n) is 2.64. The fraction of sp³-hybridized carbons (Fsp3) is 0.417. The van der Waals surface area contributed by atoms with Gasteiger partial charge in [0.15, 0.2) is 0 Å². The third-order valence-corrected chi connectivity index (χ3v) is 3.64. The molecule has 0 aliphatic rings. The molecule has 0 bridgehead atoms. The summed E-state index contributed by atoms with van der Waals surface area (Å²) >= 11 is 1.62. The molecule has 0 saturated carbocycles. The molecule has 0 aromatic carbocycles. The van der Waals surface area contributed by atoms with E-state index in [1.54, 1.807) is 24.6 Å². The van der Waals surface area contributed by atoms with Crippen molar-refractivity contribution in [3.8, 4) is 5.75 Å². The van der Waals surface area contributed by atoms with Gasteiger partial charge in [0.05, 0.1) is 18.8 Å². The Morgan fingerprint density at radius 3 is 3.06 bits per heavy atom. The van der Waals surface area contributed by atoms with E-state index in [0.717, 1.165) is 29.3 Å². The van der Waals surface area contributed by atoms with Crippen LogP contribution in [0.5, 0.6) is 5.75 Å². The normalized spacial score (nSPS) is 12.6. The second-order valence-corrected chi connectivity index (χ2v) is 4.79. The molecule has 5 heteroatoms. The van der Waals surface area contributed by atoms with E-state index in [1.165, 1.54) is 0 Å². The van der Waals surface area contributed by atoms with Crippen LogP contribution in [0.25, 0.3) is 0 Å². The third kappa shape index (κ3) is 2.50. The largest absolute Gasteiger partial charge is 0.496 e. The minimum Gasteiger partial charge on any atom is -0.496 e. The summed E-state index contributed by atoms with van der Waals surface area (Å²) in [5, 5.41) is 6.26. The molecule has 0 saturated heterocycles. The van der Waals surface area contributed by atoms with Crippen LogP contribution in [0.3, 0.4) is 0 Å². The van der Waals surface area contributed by atoms with Gasteiger partial charge < -0.3 is 10.5 Å². The number of hydrogen-bond acceptors (Lipinski definition) is 4. The van der Waals surface area contributed by atoms with Gasteiger partial charge >= 0.3 is 0 Å². The number of nitrogens with zero attached hydrogens (tertiary/aromatic N) is 2. The van der Waals surface area contributed by atoms with E-state index in [4.69, 9.17) is 10.5 Å². The fourth-order valence-electron chi connectivity index (χ4n) is 1.76. The van der Waals surface area contributed by atoms with Gasteiger partial charge in [-0.2, -0.15) is 5.10 Å². The average Bonchev–Trinajstić information content (AvgIpc) is 2.97.